The van der Waals surface area contributed by atoms with E-state index >= 15 is 0 Å². The smallest absolute Gasteiger partial charge is 0.325 e. The van der Waals surface area contributed by atoms with E-state index in [0.717, 1.165) is 0 Å². The van der Waals surface area contributed by atoms with E-state index in [4.69, 9.17) is 22.3 Å². The van der Waals surface area contributed by atoms with Gasteiger partial charge in [0.25, 0.3) is 0 Å². The molecule has 0 heterocycles. The van der Waals surface area contributed by atoms with Crippen molar-refractivity contribution in [3.63, 3.8) is 0 Å². The molecule has 0 radical (unpaired) electrons. The SMILES string of the molecule is CC(NC(=O)C(NC(=O)C(CCC(N)=O)NC(=O)C(N)CCCCN)C(C)O)C(=O)O. The van der Waals surface area contributed by atoms with E-state index in [1.54, 1.807) is 0 Å². The molecule has 0 aliphatic carbocycles. The number of carboxylic acid groups (broad SMARTS) is 1. The van der Waals surface area contributed by atoms with Gasteiger partial charge in [-0.25, -0.2) is 0 Å². The zero-order valence-corrected chi connectivity index (χ0v) is 17.8. The average Bonchev–Trinajstić information content (AvgIpc) is 2.68. The molecule has 0 aliphatic heterocycles. The van der Waals surface area contributed by atoms with E-state index in [9.17, 15) is 29.1 Å². The van der Waals surface area contributed by atoms with Gasteiger partial charge in [0.1, 0.15) is 18.1 Å². The standard InChI is InChI=1S/C18H34N6O7/c1-9(18(30)31)22-17(29)14(10(2)25)24-16(28)12(6-7-13(21)26)23-15(27)11(20)5-3-4-8-19/h9-12,14,25H,3-8,19-20H2,1-2H3,(H2,21,26)(H,22,29)(H,23,27)(H,24,28)(H,30,31). The van der Waals surface area contributed by atoms with Crippen LogP contribution in [0.2, 0.25) is 0 Å². The van der Waals surface area contributed by atoms with Gasteiger partial charge in [-0.1, -0.05) is 6.42 Å². The Bertz CT molecular complexity index is 643. The first kappa shape index (κ1) is 28.2. The normalized spacial score (nSPS) is 15.6. The second kappa shape index (κ2) is 14.3. The number of nitrogens with one attached hydrogen (secondary N) is 3. The van der Waals surface area contributed by atoms with Gasteiger partial charge in [-0.15, -0.1) is 0 Å². The zero-order valence-electron chi connectivity index (χ0n) is 17.8. The summed E-state index contributed by atoms with van der Waals surface area (Å²) >= 11 is 0. The second-order valence-electron chi connectivity index (χ2n) is 7.25. The van der Waals surface area contributed by atoms with Gasteiger partial charge < -0.3 is 43.4 Å². The third-order valence-electron chi connectivity index (χ3n) is 4.41. The molecular formula is C18H34N6O7. The van der Waals surface area contributed by atoms with Gasteiger partial charge in [-0.05, 0) is 39.7 Å². The van der Waals surface area contributed by atoms with E-state index in [0.29, 0.717) is 25.8 Å². The summed E-state index contributed by atoms with van der Waals surface area (Å²) in [5.41, 5.74) is 16.3. The minimum Gasteiger partial charge on any atom is -0.480 e. The number of unbranched alkanes of at least 4 members (excludes halogenated alkanes) is 1. The third kappa shape index (κ3) is 11.3. The lowest BCUT2D eigenvalue weighted by molar-refractivity contribution is -0.142. The summed E-state index contributed by atoms with van der Waals surface area (Å²) in [5, 5.41) is 25.6. The highest BCUT2D eigenvalue weighted by Crippen LogP contribution is 2.04. The fourth-order valence-electron chi connectivity index (χ4n) is 2.50. The summed E-state index contributed by atoms with van der Waals surface area (Å²) in [6, 6.07) is -4.93. The van der Waals surface area contributed by atoms with E-state index in [1.165, 1.54) is 13.8 Å². The van der Waals surface area contributed by atoms with Gasteiger partial charge in [0.15, 0.2) is 0 Å². The highest BCUT2D eigenvalue weighted by atomic mass is 16.4. The molecule has 0 aliphatic rings. The molecule has 0 rings (SSSR count). The highest BCUT2D eigenvalue weighted by Gasteiger charge is 2.31. The third-order valence-corrected chi connectivity index (χ3v) is 4.41. The van der Waals surface area contributed by atoms with E-state index in [1.807, 2.05) is 0 Å². The predicted octanol–water partition coefficient (Wildman–Crippen LogP) is -3.35. The quantitative estimate of drug-likeness (QED) is 0.117. The molecule has 0 fully saturated rings. The molecular weight excluding hydrogens is 412 g/mol. The maximum absolute atomic E-state index is 12.7. The number of carbonyl (C=O) groups excluding carboxylic acids is 4. The maximum atomic E-state index is 12.7. The van der Waals surface area contributed by atoms with Crippen LogP contribution in [0, 0.1) is 0 Å². The van der Waals surface area contributed by atoms with Crippen LogP contribution in [0.15, 0.2) is 0 Å². The number of aliphatic hydroxyl groups excluding tert-OH is 1. The summed E-state index contributed by atoms with van der Waals surface area (Å²) in [7, 11) is 0. The Balaban J connectivity index is 5.26. The van der Waals surface area contributed by atoms with Crippen molar-refractivity contribution in [1.82, 2.24) is 16.0 Å². The Kier molecular flexibility index (Phi) is 13.0. The van der Waals surface area contributed by atoms with E-state index in [-0.39, 0.29) is 12.8 Å². The number of aliphatic carboxylic acids is 1. The molecule has 13 heteroatoms. The number of hydrogen-bond donors (Lipinski definition) is 8. The van der Waals surface area contributed by atoms with Crippen LogP contribution in [-0.4, -0.2) is 76.6 Å². The number of rotatable bonds is 15. The van der Waals surface area contributed by atoms with Crippen molar-refractivity contribution >= 4 is 29.6 Å². The van der Waals surface area contributed by atoms with Crippen molar-refractivity contribution in [2.75, 3.05) is 6.54 Å². The molecule has 0 aromatic rings. The topological polar surface area (TPSA) is 240 Å². The van der Waals surface area contributed by atoms with Gasteiger partial charge in [-0.2, -0.15) is 0 Å². The lowest BCUT2D eigenvalue weighted by Crippen LogP contribution is -2.59. The van der Waals surface area contributed by atoms with Crippen LogP contribution >= 0.6 is 0 Å². The molecule has 4 amide bonds. The fourth-order valence-corrected chi connectivity index (χ4v) is 2.50. The number of carboxylic acids is 1. The lowest BCUT2D eigenvalue weighted by Gasteiger charge is -2.26. The molecule has 178 valence electrons. The Morgan fingerprint density at radius 3 is 2.00 bits per heavy atom. The number of nitrogens with two attached hydrogens (primary N) is 3. The average molecular weight is 447 g/mol. The van der Waals surface area contributed by atoms with Gasteiger partial charge in [0.2, 0.25) is 23.6 Å². The van der Waals surface area contributed by atoms with Crippen molar-refractivity contribution in [2.24, 2.45) is 17.2 Å². The van der Waals surface area contributed by atoms with Crippen LogP contribution in [-0.2, 0) is 24.0 Å². The summed E-state index contributed by atoms with van der Waals surface area (Å²) in [4.78, 5) is 59.3. The lowest BCUT2D eigenvalue weighted by atomic mass is 10.1. The molecule has 0 spiro atoms. The predicted molar refractivity (Wildman–Crippen MR) is 110 cm³/mol. The molecule has 5 unspecified atom stereocenters. The summed E-state index contributed by atoms with van der Waals surface area (Å²) in [6.07, 6.45) is -0.165. The Morgan fingerprint density at radius 2 is 1.52 bits per heavy atom. The first-order valence-electron chi connectivity index (χ1n) is 9.96. The van der Waals surface area contributed by atoms with Gasteiger partial charge in [-0.3, -0.25) is 24.0 Å². The minimum atomic E-state index is -1.50. The number of hydrogen-bond acceptors (Lipinski definition) is 8. The van der Waals surface area contributed by atoms with Crippen LogP contribution in [0.1, 0.15) is 46.0 Å². The Morgan fingerprint density at radius 1 is 0.903 bits per heavy atom. The second-order valence-corrected chi connectivity index (χ2v) is 7.25. The van der Waals surface area contributed by atoms with Crippen molar-refractivity contribution in [1.29, 1.82) is 0 Å². The molecule has 5 atom stereocenters. The number of carbonyl (C=O) groups is 5. The molecule has 0 bridgehead atoms. The maximum Gasteiger partial charge on any atom is 0.325 e. The highest BCUT2D eigenvalue weighted by molar-refractivity contribution is 5.94. The van der Waals surface area contributed by atoms with Crippen molar-refractivity contribution in [3.05, 3.63) is 0 Å². The molecule has 0 aromatic carbocycles. The van der Waals surface area contributed by atoms with E-state index < -0.39 is 59.9 Å². The van der Waals surface area contributed by atoms with Crippen molar-refractivity contribution < 1.29 is 34.2 Å². The molecule has 31 heavy (non-hydrogen) atoms. The van der Waals surface area contributed by atoms with Gasteiger partial charge in [0, 0.05) is 6.42 Å². The van der Waals surface area contributed by atoms with Crippen LogP contribution in [0.5, 0.6) is 0 Å². The number of primary amides is 1. The molecule has 11 N–H and O–H groups in total. The van der Waals surface area contributed by atoms with Crippen LogP contribution in [0.3, 0.4) is 0 Å². The summed E-state index contributed by atoms with van der Waals surface area (Å²) in [6.45, 7) is 2.88. The number of amides is 4. The van der Waals surface area contributed by atoms with Gasteiger partial charge >= 0.3 is 5.97 Å². The molecule has 0 aromatic heterocycles. The Labute approximate surface area is 180 Å². The largest absolute Gasteiger partial charge is 0.480 e. The molecule has 13 nitrogen and oxygen atoms in total. The van der Waals surface area contributed by atoms with Crippen molar-refractivity contribution in [2.45, 2.75) is 76.2 Å². The molecule has 0 saturated carbocycles. The van der Waals surface area contributed by atoms with Crippen LogP contribution < -0.4 is 33.2 Å². The first-order valence-corrected chi connectivity index (χ1v) is 9.96. The zero-order chi connectivity index (χ0) is 24.1. The van der Waals surface area contributed by atoms with Crippen molar-refractivity contribution in [3.8, 4) is 0 Å². The fraction of sp³-hybridized carbons (Fsp3) is 0.722. The van der Waals surface area contributed by atoms with E-state index in [2.05, 4.69) is 16.0 Å². The van der Waals surface area contributed by atoms with Crippen LogP contribution in [0.25, 0.3) is 0 Å². The molecule has 0 saturated heterocycles. The first-order chi connectivity index (χ1) is 14.4. The van der Waals surface area contributed by atoms with Gasteiger partial charge in [0.05, 0.1) is 12.1 Å². The minimum absolute atomic E-state index is 0.165. The number of aliphatic hydroxyl groups is 1. The van der Waals surface area contributed by atoms with Crippen LogP contribution in [0.4, 0.5) is 0 Å². The Hall–Kier alpha value is -2.77. The summed E-state index contributed by atoms with van der Waals surface area (Å²) in [5.74, 6) is -4.46. The monoisotopic (exact) mass is 446 g/mol. The summed E-state index contributed by atoms with van der Waals surface area (Å²) < 4.78 is 0.